The van der Waals surface area contributed by atoms with Crippen molar-refractivity contribution in [2.45, 2.75) is 6.92 Å². The zero-order valence-corrected chi connectivity index (χ0v) is 10.6. The molecule has 0 bridgehead atoms. The Morgan fingerprint density at radius 1 is 1.00 bits per heavy atom. The summed E-state index contributed by atoms with van der Waals surface area (Å²) in [6, 6.07) is 17.4. The second-order valence-electron chi connectivity index (χ2n) is 4.55. The summed E-state index contributed by atoms with van der Waals surface area (Å²) < 4.78 is 0. The number of nitrogens with one attached hydrogen (secondary N) is 1. The Labute approximate surface area is 111 Å². The molecule has 1 heterocycles. The summed E-state index contributed by atoms with van der Waals surface area (Å²) in [5, 5.41) is 17.2. The average molecular weight is 250 g/mol. The van der Waals surface area contributed by atoms with Gasteiger partial charge in [-0.1, -0.05) is 42.0 Å². The highest BCUT2D eigenvalue weighted by molar-refractivity contribution is 5.72. The van der Waals surface area contributed by atoms with Gasteiger partial charge in [0.05, 0.1) is 11.4 Å². The van der Waals surface area contributed by atoms with E-state index in [2.05, 4.69) is 10.2 Å². The quantitative estimate of drug-likeness (QED) is 0.727. The van der Waals surface area contributed by atoms with Gasteiger partial charge in [0.2, 0.25) is 0 Å². The first-order valence-corrected chi connectivity index (χ1v) is 6.15. The molecule has 3 rings (SSSR count). The van der Waals surface area contributed by atoms with Gasteiger partial charge in [0, 0.05) is 11.1 Å². The maximum absolute atomic E-state index is 9.92. The number of benzene rings is 2. The number of phenolic OH excluding ortho intramolecular Hbond substituents is 1. The summed E-state index contributed by atoms with van der Waals surface area (Å²) >= 11 is 0. The van der Waals surface area contributed by atoms with E-state index in [1.165, 1.54) is 0 Å². The summed E-state index contributed by atoms with van der Waals surface area (Å²) in [4.78, 5) is 0. The lowest BCUT2D eigenvalue weighted by atomic mass is 10.1. The monoisotopic (exact) mass is 250 g/mol. The Morgan fingerprint density at radius 2 is 1.79 bits per heavy atom. The third kappa shape index (κ3) is 2.22. The third-order valence-electron chi connectivity index (χ3n) is 3.09. The van der Waals surface area contributed by atoms with Crippen LogP contribution in [-0.2, 0) is 0 Å². The maximum atomic E-state index is 9.92. The van der Waals surface area contributed by atoms with E-state index < -0.39 is 0 Å². The summed E-state index contributed by atoms with van der Waals surface area (Å²) in [6.07, 6.45) is 0. The molecule has 0 aliphatic carbocycles. The van der Waals surface area contributed by atoms with Crippen molar-refractivity contribution < 1.29 is 5.11 Å². The highest BCUT2D eigenvalue weighted by atomic mass is 16.3. The molecular formula is C16H14N2O. The predicted molar refractivity (Wildman–Crippen MR) is 75.9 cm³/mol. The topological polar surface area (TPSA) is 48.9 Å². The first-order valence-electron chi connectivity index (χ1n) is 6.15. The Morgan fingerprint density at radius 3 is 2.58 bits per heavy atom. The van der Waals surface area contributed by atoms with Gasteiger partial charge < -0.3 is 5.11 Å². The molecule has 94 valence electrons. The fourth-order valence-electron chi connectivity index (χ4n) is 2.08. The second-order valence-corrected chi connectivity index (χ2v) is 4.55. The molecular weight excluding hydrogens is 236 g/mol. The number of aromatic nitrogens is 2. The third-order valence-corrected chi connectivity index (χ3v) is 3.09. The molecule has 0 saturated heterocycles. The lowest BCUT2D eigenvalue weighted by molar-refractivity contribution is 0.477. The molecule has 2 aromatic carbocycles. The van der Waals surface area contributed by atoms with Crippen LogP contribution in [0.25, 0.3) is 22.5 Å². The maximum Gasteiger partial charge on any atom is 0.124 e. The summed E-state index contributed by atoms with van der Waals surface area (Å²) in [7, 11) is 0. The van der Waals surface area contributed by atoms with E-state index in [4.69, 9.17) is 0 Å². The van der Waals surface area contributed by atoms with Crippen LogP contribution in [0.2, 0.25) is 0 Å². The lowest BCUT2D eigenvalue weighted by Crippen LogP contribution is -1.81. The van der Waals surface area contributed by atoms with E-state index in [-0.39, 0.29) is 5.75 Å². The van der Waals surface area contributed by atoms with Gasteiger partial charge in [-0.15, -0.1) is 0 Å². The highest BCUT2D eigenvalue weighted by Gasteiger charge is 2.09. The normalized spacial score (nSPS) is 10.6. The molecule has 3 nitrogen and oxygen atoms in total. The number of aromatic hydroxyl groups is 1. The van der Waals surface area contributed by atoms with Crippen LogP contribution in [-0.4, -0.2) is 15.3 Å². The number of hydrogen-bond donors (Lipinski definition) is 2. The van der Waals surface area contributed by atoms with Gasteiger partial charge in [-0.3, -0.25) is 5.10 Å². The predicted octanol–water partition coefficient (Wildman–Crippen LogP) is 3.76. The molecule has 0 atom stereocenters. The first kappa shape index (κ1) is 11.5. The number of hydrogen-bond acceptors (Lipinski definition) is 2. The van der Waals surface area contributed by atoms with Gasteiger partial charge in [-0.2, -0.15) is 5.10 Å². The van der Waals surface area contributed by atoms with E-state index >= 15 is 0 Å². The Hall–Kier alpha value is -2.55. The van der Waals surface area contributed by atoms with E-state index in [0.717, 1.165) is 28.1 Å². The van der Waals surface area contributed by atoms with Gasteiger partial charge in [0.25, 0.3) is 0 Å². The van der Waals surface area contributed by atoms with Crippen LogP contribution >= 0.6 is 0 Å². The van der Waals surface area contributed by atoms with Gasteiger partial charge in [-0.05, 0) is 25.1 Å². The number of nitrogens with zero attached hydrogens (tertiary/aromatic N) is 1. The van der Waals surface area contributed by atoms with Crippen molar-refractivity contribution in [2.24, 2.45) is 0 Å². The van der Waals surface area contributed by atoms with Crippen molar-refractivity contribution >= 4 is 0 Å². The molecule has 0 aliphatic heterocycles. The van der Waals surface area contributed by atoms with Crippen LogP contribution in [0.3, 0.4) is 0 Å². The lowest BCUT2D eigenvalue weighted by Gasteiger charge is -2.02. The zero-order chi connectivity index (χ0) is 13.2. The van der Waals surface area contributed by atoms with Crippen LogP contribution < -0.4 is 0 Å². The minimum Gasteiger partial charge on any atom is -0.507 e. The van der Waals surface area contributed by atoms with Crippen molar-refractivity contribution in [1.82, 2.24) is 10.2 Å². The average Bonchev–Trinajstić information content (AvgIpc) is 2.92. The van der Waals surface area contributed by atoms with Gasteiger partial charge in [0.1, 0.15) is 5.75 Å². The van der Waals surface area contributed by atoms with Crippen molar-refractivity contribution in [3.05, 3.63) is 60.2 Å². The fraction of sp³-hybridized carbons (Fsp3) is 0.0625. The zero-order valence-electron chi connectivity index (χ0n) is 10.6. The Balaban J connectivity index is 2.04. The molecule has 0 unspecified atom stereocenters. The molecule has 0 saturated carbocycles. The van der Waals surface area contributed by atoms with Crippen molar-refractivity contribution in [3.8, 4) is 28.3 Å². The van der Waals surface area contributed by atoms with Crippen LogP contribution in [0.1, 0.15) is 5.56 Å². The molecule has 1 aromatic heterocycles. The molecule has 0 radical (unpaired) electrons. The van der Waals surface area contributed by atoms with Gasteiger partial charge >= 0.3 is 0 Å². The van der Waals surface area contributed by atoms with E-state index in [9.17, 15) is 5.11 Å². The number of H-pyrrole nitrogens is 1. The minimum absolute atomic E-state index is 0.258. The minimum atomic E-state index is 0.258. The van der Waals surface area contributed by atoms with Crippen molar-refractivity contribution in [1.29, 1.82) is 0 Å². The molecule has 0 spiro atoms. The second kappa shape index (κ2) is 4.61. The Kier molecular flexibility index (Phi) is 2.80. The number of aromatic amines is 1. The molecule has 19 heavy (non-hydrogen) atoms. The highest BCUT2D eigenvalue weighted by Crippen LogP contribution is 2.30. The number of rotatable bonds is 2. The van der Waals surface area contributed by atoms with E-state index in [1.54, 1.807) is 6.07 Å². The smallest absolute Gasteiger partial charge is 0.124 e. The van der Waals surface area contributed by atoms with Crippen molar-refractivity contribution in [3.63, 3.8) is 0 Å². The van der Waals surface area contributed by atoms with Gasteiger partial charge in [0.15, 0.2) is 0 Å². The molecule has 0 amide bonds. The standard InChI is InChI=1S/C16H14N2O/c1-11-7-8-16(19)13(9-11)15-10-14(17-18-15)12-5-3-2-4-6-12/h2-10,19H,1H3,(H,17,18). The first-order chi connectivity index (χ1) is 9.24. The number of phenols is 1. The summed E-state index contributed by atoms with van der Waals surface area (Å²) in [5.41, 5.74) is 4.62. The van der Waals surface area contributed by atoms with Crippen LogP contribution in [0.15, 0.2) is 54.6 Å². The van der Waals surface area contributed by atoms with Crippen LogP contribution in [0.5, 0.6) is 5.75 Å². The van der Waals surface area contributed by atoms with Crippen LogP contribution in [0, 0.1) is 6.92 Å². The number of aryl methyl sites for hydroxylation is 1. The Bertz CT molecular complexity index is 702. The van der Waals surface area contributed by atoms with E-state index in [1.807, 2.05) is 55.5 Å². The van der Waals surface area contributed by atoms with E-state index in [0.29, 0.717) is 0 Å². The fourth-order valence-corrected chi connectivity index (χ4v) is 2.08. The molecule has 0 fully saturated rings. The largest absolute Gasteiger partial charge is 0.507 e. The van der Waals surface area contributed by atoms with Crippen molar-refractivity contribution in [2.75, 3.05) is 0 Å². The molecule has 0 aliphatic rings. The van der Waals surface area contributed by atoms with Crippen LogP contribution in [0.4, 0.5) is 0 Å². The molecule has 2 N–H and O–H groups in total. The van der Waals surface area contributed by atoms with Gasteiger partial charge in [-0.25, -0.2) is 0 Å². The molecule has 3 heteroatoms. The SMILES string of the molecule is Cc1ccc(O)c(-c2cc(-c3ccccc3)n[nH]2)c1. The molecule has 3 aromatic rings. The summed E-state index contributed by atoms with van der Waals surface area (Å²) in [6.45, 7) is 2.00. The summed E-state index contributed by atoms with van der Waals surface area (Å²) in [5.74, 6) is 0.258.